The van der Waals surface area contributed by atoms with Gasteiger partial charge in [-0.2, -0.15) is 18.2 Å². The van der Waals surface area contributed by atoms with E-state index < -0.39 is 17.6 Å². The molecule has 0 radical (unpaired) electrons. The molecule has 0 saturated heterocycles. The van der Waals surface area contributed by atoms with E-state index in [-0.39, 0.29) is 49.2 Å². The van der Waals surface area contributed by atoms with Crippen molar-refractivity contribution in [1.82, 2.24) is 15.0 Å². The molecule has 0 unspecified atom stereocenters. The normalized spacial score (nSPS) is 11.5. The van der Waals surface area contributed by atoms with Crippen molar-refractivity contribution in [2.75, 3.05) is 26.8 Å². The lowest BCUT2D eigenvalue weighted by atomic mass is 10.1. The number of benzene rings is 2. The first kappa shape index (κ1) is 22.4. The number of aromatic nitrogens is 2. The molecule has 0 saturated carbocycles. The summed E-state index contributed by atoms with van der Waals surface area (Å²) in [5.74, 6) is -0.276. The summed E-state index contributed by atoms with van der Waals surface area (Å²) in [6.45, 7) is 0.667. The average Bonchev–Trinajstić information content (AvgIpc) is 3.22. The van der Waals surface area contributed by atoms with Crippen molar-refractivity contribution in [3.63, 3.8) is 0 Å². The van der Waals surface area contributed by atoms with E-state index >= 15 is 0 Å². The number of carbonyl (C=O) groups is 1. The molecule has 3 aromatic rings. The number of methoxy groups -OCH3 is 1. The van der Waals surface area contributed by atoms with Crippen molar-refractivity contribution < 1.29 is 31.6 Å². The van der Waals surface area contributed by atoms with Gasteiger partial charge in [-0.15, -0.1) is 0 Å². The molecule has 164 valence electrons. The zero-order valence-corrected chi connectivity index (χ0v) is 16.5. The van der Waals surface area contributed by atoms with E-state index in [9.17, 15) is 22.4 Å². The fourth-order valence-electron chi connectivity index (χ4n) is 2.80. The second-order valence-corrected chi connectivity index (χ2v) is 6.63. The molecule has 0 spiro atoms. The quantitative estimate of drug-likeness (QED) is 0.494. The monoisotopic (exact) mass is 437 g/mol. The van der Waals surface area contributed by atoms with Crippen molar-refractivity contribution in [3.05, 3.63) is 71.4 Å². The van der Waals surface area contributed by atoms with Crippen LogP contribution in [0.5, 0.6) is 0 Å². The van der Waals surface area contributed by atoms with Crippen LogP contribution in [0.15, 0.2) is 53.1 Å². The van der Waals surface area contributed by atoms with Gasteiger partial charge in [0.15, 0.2) is 0 Å². The Balaban J connectivity index is 1.68. The number of alkyl halides is 3. The summed E-state index contributed by atoms with van der Waals surface area (Å²) in [4.78, 5) is 18.5. The first-order valence-corrected chi connectivity index (χ1v) is 9.32. The molecule has 1 heterocycles. The molecular weight excluding hydrogens is 418 g/mol. The van der Waals surface area contributed by atoms with Gasteiger partial charge in [-0.05, 0) is 48.5 Å². The first-order valence-electron chi connectivity index (χ1n) is 9.32. The maximum absolute atomic E-state index is 13.0. The van der Waals surface area contributed by atoms with Gasteiger partial charge >= 0.3 is 6.18 Å². The lowest BCUT2D eigenvalue weighted by Crippen LogP contribution is -2.35. The Morgan fingerprint density at radius 1 is 1.06 bits per heavy atom. The van der Waals surface area contributed by atoms with Crippen molar-refractivity contribution in [2.45, 2.75) is 12.6 Å². The van der Waals surface area contributed by atoms with Crippen molar-refractivity contribution in [3.8, 4) is 11.4 Å². The molecule has 0 atom stereocenters. The molecule has 2 aromatic carbocycles. The number of hydrogen-bond donors (Lipinski definition) is 0. The molecule has 6 nitrogen and oxygen atoms in total. The van der Waals surface area contributed by atoms with E-state index in [0.29, 0.717) is 5.56 Å². The molecule has 0 aliphatic rings. The van der Waals surface area contributed by atoms with Gasteiger partial charge in [0.05, 0.1) is 12.2 Å². The Morgan fingerprint density at radius 2 is 1.74 bits per heavy atom. The SMILES string of the molecule is COCCN(CCc1nc(-c2ccc(F)cc2)no1)C(=O)c1ccc(C(F)(F)F)cc1. The van der Waals surface area contributed by atoms with Crippen LogP contribution in [0.2, 0.25) is 0 Å². The summed E-state index contributed by atoms with van der Waals surface area (Å²) >= 11 is 0. The molecule has 10 heteroatoms. The highest BCUT2D eigenvalue weighted by atomic mass is 19.4. The fourth-order valence-corrected chi connectivity index (χ4v) is 2.80. The third-order valence-corrected chi connectivity index (χ3v) is 4.48. The van der Waals surface area contributed by atoms with E-state index in [1.807, 2.05) is 0 Å². The summed E-state index contributed by atoms with van der Waals surface area (Å²) < 4.78 is 61.5. The van der Waals surface area contributed by atoms with E-state index in [4.69, 9.17) is 9.26 Å². The highest BCUT2D eigenvalue weighted by molar-refractivity contribution is 5.94. The molecule has 3 rings (SSSR count). The molecule has 0 bridgehead atoms. The molecule has 0 aliphatic heterocycles. The third kappa shape index (κ3) is 5.88. The van der Waals surface area contributed by atoms with Crippen LogP contribution < -0.4 is 0 Å². The van der Waals surface area contributed by atoms with Gasteiger partial charge in [-0.25, -0.2) is 4.39 Å². The van der Waals surface area contributed by atoms with Crippen LogP contribution >= 0.6 is 0 Å². The van der Waals surface area contributed by atoms with E-state index in [1.54, 1.807) is 0 Å². The molecular formula is C21H19F4N3O3. The smallest absolute Gasteiger partial charge is 0.383 e. The van der Waals surface area contributed by atoms with Gasteiger partial charge < -0.3 is 14.2 Å². The topological polar surface area (TPSA) is 68.5 Å². The summed E-state index contributed by atoms with van der Waals surface area (Å²) in [7, 11) is 1.48. The largest absolute Gasteiger partial charge is 0.416 e. The second kappa shape index (κ2) is 9.69. The summed E-state index contributed by atoms with van der Waals surface area (Å²) in [5.41, 5.74) is -0.123. The average molecular weight is 437 g/mol. The minimum Gasteiger partial charge on any atom is -0.383 e. The van der Waals surface area contributed by atoms with Crippen LogP contribution in [0.3, 0.4) is 0 Å². The number of nitrogens with zero attached hydrogens (tertiary/aromatic N) is 3. The maximum atomic E-state index is 13.0. The van der Waals surface area contributed by atoms with Crippen LogP contribution in [-0.2, 0) is 17.3 Å². The van der Waals surface area contributed by atoms with Crippen molar-refractivity contribution >= 4 is 5.91 Å². The maximum Gasteiger partial charge on any atom is 0.416 e. The van der Waals surface area contributed by atoms with Crippen LogP contribution in [-0.4, -0.2) is 47.8 Å². The van der Waals surface area contributed by atoms with Crippen LogP contribution in [0.4, 0.5) is 17.6 Å². The number of carbonyl (C=O) groups excluding carboxylic acids is 1. The van der Waals surface area contributed by atoms with Crippen molar-refractivity contribution in [1.29, 1.82) is 0 Å². The molecule has 0 N–H and O–H groups in total. The minimum atomic E-state index is -4.47. The van der Waals surface area contributed by atoms with Gasteiger partial charge in [0.1, 0.15) is 5.82 Å². The minimum absolute atomic E-state index is 0.127. The number of ether oxygens (including phenoxy) is 1. The second-order valence-electron chi connectivity index (χ2n) is 6.63. The van der Waals surface area contributed by atoms with Crippen LogP contribution in [0, 0.1) is 5.82 Å². The molecule has 0 fully saturated rings. The number of hydrogen-bond acceptors (Lipinski definition) is 5. The molecule has 31 heavy (non-hydrogen) atoms. The van der Waals surface area contributed by atoms with E-state index in [2.05, 4.69) is 10.1 Å². The molecule has 1 amide bonds. The standard InChI is InChI=1S/C21H19F4N3O3/c1-30-13-12-28(20(29)15-2-6-16(7-3-15)21(23,24)25)11-10-18-26-19(27-31-18)14-4-8-17(22)9-5-14/h2-9H,10-13H2,1H3. The predicted molar refractivity (Wildman–Crippen MR) is 103 cm³/mol. The first-order chi connectivity index (χ1) is 14.8. The highest BCUT2D eigenvalue weighted by Gasteiger charge is 2.30. The van der Waals surface area contributed by atoms with Gasteiger partial charge in [0, 0.05) is 37.7 Å². The van der Waals surface area contributed by atoms with E-state index in [1.165, 1.54) is 36.3 Å². The molecule has 1 aromatic heterocycles. The summed E-state index contributed by atoms with van der Waals surface area (Å²) in [6.07, 6.45) is -4.25. The Bertz CT molecular complexity index is 1000. The molecule has 0 aliphatic carbocycles. The Morgan fingerprint density at radius 3 is 2.35 bits per heavy atom. The van der Waals surface area contributed by atoms with Crippen molar-refractivity contribution in [2.24, 2.45) is 0 Å². The number of amides is 1. The Labute approximate surface area is 175 Å². The third-order valence-electron chi connectivity index (χ3n) is 4.48. The summed E-state index contributed by atoms with van der Waals surface area (Å²) in [5, 5.41) is 3.85. The lowest BCUT2D eigenvalue weighted by molar-refractivity contribution is -0.137. The van der Waals surface area contributed by atoms with Gasteiger partial charge in [-0.1, -0.05) is 5.16 Å². The van der Waals surface area contributed by atoms with Crippen LogP contribution in [0.1, 0.15) is 21.8 Å². The Kier molecular flexibility index (Phi) is 7.01. The Hall–Kier alpha value is -3.27. The highest BCUT2D eigenvalue weighted by Crippen LogP contribution is 2.29. The number of halogens is 4. The fraction of sp³-hybridized carbons (Fsp3) is 0.286. The van der Waals surface area contributed by atoms with Gasteiger partial charge in [0.2, 0.25) is 11.7 Å². The summed E-state index contributed by atoms with van der Waals surface area (Å²) in [6, 6.07) is 9.62. The van der Waals surface area contributed by atoms with Crippen LogP contribution in [0.25, 0.3) is 11.4 Å². The zero-order valence-electron chi connectivity index (χ0n) is 16.5. The predicted octanol–water partition coefficient (Wildman–Crippen LogP) is 4.23. The number of rotatable bonds is 8. The zero-order chi connectivity index (χ0) is 22.4. The van der Waals surface area contributed by atoms with Gasteiger partial charge in [-0.3, -0.25) is 4.79 Å². The van der Waals surface area contributed by atoms with E-state index in [0.717, 1.165) is 24.3 Å². The van der Waals surface area contributed by atoms with Gasteiger partial charge in [0.25, 0.3) is 5.91 Å². The lowest BCUT2D eigenvalue weighted by Gasteiger charge is -2.22.